The number of halogens is 1. The molecule has 0 aromatic heterocycles. The first-order valence-electron chi connectivity index (χ1n) is 9.41. The number of nitrogens with one attached hydrogen (secondary N) is 1. The zero-order valence-electron chi connectivity index (χ0n) is 15.8. The average Bonchev–Trinajstić information content (AvgIpc) is 3.25. The molecule has 0 radical (unpaired) electrons. The van der Waals surface area contributed by atoms with Crippen LogP contribution in [0.15, 0.2) is 83.3 Å². The Morgan fingerprint density at radius 3 is 2.55 bits per heavy atom. The fraction of sp³-hybridized carbons (Fsp3) is 0.174. The first kappa shape index (κ1) is 19.9. The lowest BCUT2D eigenvalue weighted by atomic mass is 10.1. The summed E-state index contributed by atoms with van der Waals surface area (Å²) in [5, 5.41) is 2.93. The van der Waals surface area contributed by atoms with Crippen LogP contribution in [0.2, 0.25) is 0 Å². The normalized spacial score (nSPS) is 15.9. The van der Waals surface area contributed by atoms with Crippen molar-refractivity contribution in [2.75, 3.05) is 17.6 Å². The molecule has 0 bridgehead atoms. The summed E-state index contributed by atoms with van der Waals surface area (Å²) in [6, 6.07) is 25.6. The van der Waals surface area contributed by atoms with Crippen LogP contribution < -0.4 is 10.1 Å². The molecule has 0 aliphatic carbocycles. The number of hydrogen-bond donors (Lipinski definition) is 1. The Kier molecular flexibility index (Phi) is 6.42. The zero-order valence-corrected chi connectivity index (χ0v) is 18.2. The van der Waals surface area contributed by atoms with Gasteiger partial charge in [-0.15, -0.1) is 11.8 Å². The molecule has 148 valence electrons. The number of rotatable bonds is 5. The van der Waals surface area contributed by atoms with Crippen molar-refractivity contribution in [3.05, 3.63) is 94.5 Å². The fourth-order valence-corrected chi connectivity index (χ4v) is 4.76. The van der Waals surface area contributed by atoms with Gasteiger partial charge in [-0.25, -0.2) is 4.79 Å². The van der Waals surface area contributed by atoms with E-state index in [2.05, 4.69) is 21.2 Å². The molecule has 4 nitrogen and oxygen atoms in total. The molecule has 6 heteroatoms. The quantitative estimate of drug-likeness (QED) is 0.476. The minimum absolute atomic E-state index is 0.0718. The second kappa shape index (κ2) is 9.37. The van der Waals surface area contributed by atoms with E-state index in [1.807, 2.05) is 83.8 Å². The number of anilines is 1. The minimum Gasteiger partial charge on any atom is -0.489 e. The standard InChI is InChI=1S/C23H21BrN2O2S/c24-18-10-12-19(13-11-18)25-23(27)26-14-15-29-22(26)20-8-4-5-9-21(20)28-16-17-6-2-1-3-7-17/h1-13,22H,14-16H2,(H,25,27). The van der Waals surface area contributed by atoms with E-state index >= 15 is 0 Å². The summed E-state index contributed by atoms with van der Waals surface area (Å²) in [5.74, 6) is 1.71. The molecular weight excluding hydrogens is 448 g/mol. The van der Waals surface area contributed by atoms with Crippen molar-refractivity contribution >= 4 is 39.4 Å². The highest BCUT2D eigenvalue weighted by molar-refractivity contribution is 9.10. The lowest BCUT2D eigenvalue weighted by Gasteiger charge is -2.26. The van der Waals surface area contributed by atoms with Crippen molar-refractivity contribution in [1.82, 2.24) is 4.90 Å². The number of nitrogens with zero attached hydrogens (tertiary/aromatic N) is 1. The Morgan fingerprint density at radius 2 is 1.76 bits per heavy atom. The number of hydrogen-bond acceptors (Lipinski definition) is 3. The second-order valence-corrected chi connectivity index (χ2v) is 8.77. The van der Waals surface area contributed by atoms with Gasteiger partial charge < -0.3 is 15.0 Å². The second-order valence-electron chi connectivity index (χ2n) is 6.67. The Balaban J connectivity index is 1.49. The van der Waals surface area contributed by atoms with Crippen LogP contribution in [0.3, 0.4) is 0 Å². The molecule has 4 rings (SSSR count). The van der Waals surface area contributed by atoms with Gasteiger partial charge in [0.05, 0.1) is 0 Å². The predicted octanol–water partition coefficient (Wildman–Crippen LogP) is 6.31. The molecule has 0 saturated carbocycles. The van der Waals surface area contributed by atoms with Gasteiger partial charge in [0.25, 0.3) is 0 Å². The third kappa shape index (κ3) is 4.95. The van der Waals surface area contributed by atoms with Crippen molar-refractivity contribution in [1.29, 1.82) is 0 Å². The van der Waals surface area contributed by atoms with Gasteiger partial charge in [-0.05, 0) is 35.9 Å². The van der Waals surface area contributed by atoms with Gasteiger partial charge in [0, 0.05) is 28.0 Å². The van der Waals surface area contributed by atoms with Gasteiger partial charge in [-0.2, -0.15) is 0 Å². The van der Waals surface area contributed by atoms with Crippen molar-refractivity contribution in [2.45, 2.75) is 12.0 Å². The molecule has 1 unspecified atom stereocenters. The molecule has 1 heterocycles. The maximum atomic E-state index is 12.9. The topological polar surface area (TPSA) is 41.6 Å². The van der Waals surface area contributed by atoms with Gasteiger partial charge in [0.2, 0.25) is 0 Å². The molecule has 1 atom stereocenters. The van der Waals surface area contributed by atoms with Crippen molar-refractivity contribution in [3.63, 3.8) is 0 Å². The minimum atomic E-state index is -0.0971. The summed E-state index contributed by atoms with van der Waals surface area (Å²) in [7, 11) is 0. The number of carbonyl (C=O) groups excluding carboxylic acids is 1. The lowest BCUT2D eigenvalue weighted by molar-refractivity contribution is 0.213. The van der Waals surface area contributed by atoms with E-state index in [1.165, 1.54) is 0 Å². The maximum absolute atomic E-state index is 12.9. The molecule has 3 aromatic rings. The van der Waals surface area contributed by atoms with E-state index < -0.39 is 0 Å². The van der Waals surface area contributed by atoms with Crippen LogP contribution in [-0.2, 0) is 6.61 Å². The number of benzene rings is 3. The molecular formula is C23H21BrN2O2S. The van der Waals surface area contributed by atoms with Gasteiger partial charge in [0.15, 0.2) is 0 Å². The molecule has 1 aliphatic heterocycles. The largest absolute Gasteiger partial charge is 0.489 e. The summed E-state index contributed by atoms with van der Waals surface area (Å²) >= 11 is 5.18. The molecule has 1 saturated heterocycles. The summed E-state index contributed by atoms with van der Waals surface area (Å²) in [6.45, 7) is 1.20. The van der Waals surface area contributed by atoms with Crippen LogP contribution in [0.4, 0.5) is 10.5 Å². The van der Waals surface area contributed by atoms with E-state index in [-0.39, 0.29) is 11.4 Å². The third-order valence-electron chi connectivity index (χ3n) is 4.67. The number of carbonyl (C=O) groups is 1. The summed E-state index contributed by atoms with van der Waals surface area (Å²) in [6.07, 6.45) is 0. The summed E-state index contributed by atoms with van der Waals surface area (Å²) < 4.78 is 7.10. The smallest absolute Gasteiger partial charge is 0.323 e. The van der Waals surface area contributed by atoms with E-state index in [0.717, 1.165) is 32.8 Å². The molecule has 3 aromatic carbocycles. The zero-order chi connectivity index (χ0) is 20.1. The van der Waals surface area contributed by atoms with E-state index in [4.69, 9.17) is 4.74 Å². The van der Waals surface area contributed by atoms with Crippen molar-refractivity contribution < 1.29 is 9.53 Å². The number of ether oxygens (including phenoxy) is 1. The highest BCUT2D eigenvalue weighted by Gasteiger charge is 2.32. The van der Waals surface area contributed by atoms with E-state index in [9.17, 15) is 4.79 Å². The number of thioether (sulfide) groups is 1. The highest BCUT2D eigenvalue weighted by atomic mass is 79.9. The Morgan fingerprint density at radius 1 is 1.03 bits per heavy atom. The van der Waals surface area contributed by atoms with Crippen LogP contribution in [-0.4, -0.2) is 23.2 Å². The maximum Gasteiger partial charge on any atom is 0.323 e. The van der Waals surface area contributed by atoms with Crippen LogP contribution in [0.25, 0.3) is 0 Å². The predicted molar refractivity (Wildman–Crippen MR) is 122 cm³/mol. The van der Waals surface area contributed by atoms with Gasteiger partial charge in [-0.3, -0.25) is 0 Å². The molecule has 1 fully saturated rings. The summed E-state index contributed by atoms with van der Waals surface area (Å²) in [5.41, 5.74) is 2.92. The van der Waals surface area contributed by atoms with Crippen molar-refractivity contribution in [2.24, 2.45) is 0 Å². The molecule has 1 N–H and O–H groups in total. The van der Waals surface area contributed by atoms with Crippen LogP contribution in [0.5, 0.6) is 5.75 Å². The van der Waals surface area contributed by atoms with Crippen LogP contribution >= 0.6 is 27.7 Å². The number of para-hydroxylation sites is 1. The van der Waals surface area contributed by atoms with E-state index in [1.54, 1.807) is 11.8 Å². The average molecular weight is 469 g/mol. The molecule has 1 aliphatic rings. The van der Waals surface area contributed by atoms with Gasteiger partial charge in [0.1, 0.15) is 17.7 Å². The monoisotopic (exact) mass is 468 g/mol. The van der Waals surface area contributed by atoms with Crippen LogP contribution in [0.1, 0.15) is 16.5 Å². The van der Waals surface area contributed by atoms with Gasteiger partial charge >= 0.3 is 6.03 Å². The van der Waals surface area contributed by atoms with Gasteiger partial charge in [-0.1, -0.05) is 64.5 Å². The number of amides is 2. The SMILES string of the molecule is O=C(Nc1ccc(Br)cc1)N1CCSC1c1ccccc1OCc1ccccc1. The summed E-state index contributed by atoms with van der Waals surface area (Å²) in [4.78, 5) is 14.8. The Labute approximate surface area is 183 Å². The molecule has 29 heavy (non-hydrogen) atoms. The van der Waals surface area contributed by atoms with Crippen molar-refractivity contribution in [3.8, 4) is 5.75 Å². The van der Waals surface area contributed by atoms with E-state index in [0.29, 0.717) is 13.2 Å². The lowest BCUT2D eigenvalue weighted by Crippen LogP contribution is -2.34. The number of urea groups is 1. The molecule has 2 amide bonds. The fourth-order valence-electron chi connectivity index (χ4n) is 3.22. The molecule has 0 spiro atoms. The first-order chi connectivity index (χ1) is 14.2. The Hall–Kier alpha value is -2.44. The first-order valence-corrected chi connectivity index (χ1v) is 11.3. The Bertz CT molecular complexity index is 966. The highest BCUT2D eigenvalue weighted by Crippen LogP contribution is 2.42. The van der Waals surface area contributed by atoms with Crippen LogP contribution in [0, 0.1) is 0 Å². The third-order valence-corrected chi connectivity index (χ3v) is 6.44.